The fourth-order valence-electron chi connectivity index (χ4n) is 9.73. The Morgan fingerprint density at radius 1 is 0.458 bits per heavy atom. The lowest BCUT2D eigenvalue weighted by Gasteiger charge is -2.22. The van der Waals surface area contributed by atoms with Gasteiger partial charge in [-0.3, -0.25) is 4.99 Å². The molecule has 1 aliphatic heterocycles. The molecule has 9 aromatic rings. The van der Waals surface area contributed by atoms with Crippen LogP contribution in [0, 0.1) is 0 Å². The van der Waals surface area contributed by atoms with E-state index in [2.05, 4.69) is 213 Å². The molecule has 59 heavy (non-hydrogen) atoms. The van der Waals surface area contributed by atoms with Crippen LogP contribution in [0.3, 0.4) is 0 Å². The van der Waals surface area contributed by atoms with Crippen LogP contribution < -0.4 is 0 Å². The van der Waals surface area contributed by atoms with Crippen LogP contribution in [0.1, 0.15) is 60.9 Å². The molecule has 0 radical (unpaired) electrons. The maximum atomic E-state index is 5.61. The first-order valence-electron chi connectivity index (χ1n) is 20.9. The number of nitrogens with zero attached hydrogens (tertiary/aromatic N) is 2. The van der Waals surface area contributed by atoms with Gasteiger partial charge in [-0.25, -0.2) is 0 Å². The van der Waals surface area contributed by atoms with Gasteiger partial charge in [0, 0.05) is 33.1 Å². The van der Waals surface area contributed by atoms with Gasteiger partial charge in [0.25, 0.3) is 0 Å². The average Bonchev–Trinajstić information content (AvgIpc) is 3.76. The maximum Gasteiger partial charge on any atom is 0.0711 e. The van der Waals surface area contributed by atoms with Crippen molar-refractivity contribution in [1.82, 2.24) is 4.57 Å². The second-order valence-corrected chi connectivity index (χ2v) is 16.6. The Labute approximate surface area is 346 Å². The molecule has 282 valence electrons. The van der Waals surface area contributed by atoms with Gasteiger partial charge in [0.15, 0.2) is 0 Å². The highest BCUT2D eigenvalue weighted by molar-refractivity contribution is 6.12. The number of aliphatic imine (C=N–C) groups is 1. The summed E-state index contributed by atoms with van der Waals surface area (Å²) in [6, 6.07) is 69.1. The molecule has 0 amide bonds. The number of para-hydroxylation sites is 2. The summed E-state index contributed by atoms with van der Waals surface area (Å²) >= 11 is 0. The molecule has 0 unspecified atom stereocenters. The zero-order valence-electron chi connectivity index (χ0n) is 33.5. The number of hydrogen-bond donors (Lipinski definition) is 0. The topological polar surface area (TPSA) is 17.3 Å². The van der Waals surface area contributed by atoms with Gasteiger partial charge in [-0.15, -0.1) is 0 Å². The van der Waals surface area contributed by atoms with Gasteiger partial charge in [0.2, 0.25) is 0 Å². The van der Waals surface area contributed by atoms with Crippen molar-refractivity contribution in [1.29, 1.82) is 0 Å². The van der Waals surface area contributed by atoms with E-state index in [1.165, 1.54) is 83.0 Å². The summed E-state index contributed by atoms with van der Waals surface area (Å²) in [5.74, 6) is 0. The van der Waals surface area contributed by atoms with Gasteiger partial charge in [-0.2, -0.15) is 0 Å². The largest absolute Gasteiger partial charge is 0.309 e. The summed E-state index contributed by atoms with van der Waals surface area (Å²) in [5, 5.41) is 2.55. The first-order chi connectivity index (χ1) is 29.0. The van der Waals surface area contributed by atoms with Gasteiger partial charge in [0.05, 0.1) is 16.7 Å². The molecule has 0 spiro atoms. The van der Waals surface area contributed by atoms with E-state index in [0.29, 0.717) is 0 Å². The van der Waals surface area contributed by atoms with Gasteiger partial charge in [-0.1, -0.05) is 166 Å². The second-order valence-electron chi connectivity index (χ2n) is 16.6. The predicted molar refractivity (Wildman–Crippen MR) is 249 cm³/mol. The Bertz CT molecular complexity index is 3120. The van der Waals surface area contributed by atoms with E-state index in [-0.39, 0.29) is 5.41 Å². The summed E-state index contributed by atoms with van der Waals surface area (Å²) in [6.07, 6.45) is 5.26. The van der Waals surface area contributed by atoms with E-state index in [1.807, 2.05) is 0 Å². The zero-order chi connectivity index (χ0) is 39.5. The molecule has 2 nitrogen and oxygen atoms in total. The quantitative estimate of drug-likeness (QED) is 0.166. The van der Waals surface area contributed by atoms with Crippen molar-refractivity contribution in [3.05, 3.63) is 222 Å². The number of hydrogen-bond acceptors (Lipinski definition) is 1. The fourth-order valence-corrected chi connectivity index (χ4v) is 9.73. The van der Waals surface area contributed by atoms with Crippen LogP contribution in [-0.4, -0.2) is 10.3 Å². The summed E-state index contributed by atoms with van der Waals surface area (Å²) in [6.45, 7) is 4.75. The Kier molecular flexibility index (Phi) is 8.41. The summed E-state index contributed by atoms with van der Waals surface area (Å²) in [5.41, 5.74) is 20.7. The minimum absolute atomic E-state index is 0.102. The minimum atomic E-state index is -0.102. The molecule has 0 fully saturated rings. The molecule has 8 aromatic carbocycles. The van der Waals surface area contributed by atoms with Gasteiger partial charge in [-0.05, 0) is 123 Å². The Hall–Kier alpha value is -7.03. The van der Waals surface area contributed by atoms with Crippen LogP contribution in [0.15, 0.2) is 199 Å². The Balaban J connectivity index is 1.08. The molecule has 2 heteroatoms. The Morgan fingerprint density at radius 2 is 1.08 bits per heavy atom. The number of allylic oxidation sites excluding steroid dienone is 1. The lowest BCUT2D eigenvalue weighted by atomic mass is 9.82. The van der Waals surface area contributed by atoms with E-state index in [4.69, 9.17) is 4.99 Å². The van der Waals surface area contributed by atoms with Crippen molar-refractivity contribution in [2.75, 3.05) is 0 Å². The lowest BCUT2D eigenvalue weighted by molar-refractivity contribution is 0.661. The van der Waals surface area contributed by atoms with Crippen molar-refractivity contribution in [3.63, 3.8) is 0 Å². The van der Waals surface area contributed by atoms with E-state index >= 15 is 0 Å². The number of aromatic nitrogens is 1. The molecule has 2 heterocycles. The first-order valence-corrected chi connectivity index (χ1v) is 20.9. The highest BCUT2D eigenvalue weighted by atomic mass is 15.0. The highest BCUT2D eigenvalue weighted by Crippen LogP contribution is 2.51. The maximum absolute atomic E-state index is 5.61. The van der Waals surface area contributed by atoms with Gasteiger partial charge < -0.3 is 4.57 Å². The van der Waals surface area contributed by atoms with E-state index in [0.717, 1.165) is 41.9 Å². The third-order valence-corrected chi connectivity index (χ3v) is 12.7. The molecule has 1 aromatic heterocycles. The van der Waals surface area contributed by atoms with Gasteiger partial charge in [0.1, 0.15) is 0 Å². The monoisotopic (exact) mass is 756 g/mol. The molecular formula is C57H44N2. The zero-order valence-corrected chi connectivity index (χ0v) is 33.5. The molecule has 0 bridgehead atoms. The molecule has 0 saturated carbocycles. The van der Waals surface area contributed by atoms with Crippen molar-refractivity contribution >= 4 is 38.8 Å². The molecule has 2 aliphatic rings. The second kappa shape index (κ2) is 14.1. The van der Waals surface area contributed by atoms with Crippen LogP contribution >= 0.6 is 0 Å². The SMILES string of the molecule is CC1(C)c2ccccc2-c2cc3c4ccccc4n(-c4cc(/C5=N/c6ccccc6/C(c6ccc(-c7ccccc7)cc6)=C\CCC5)cc(-c5ccccc5)c4)c3cc21. The van der Waals surface area contributed by atoms with Crippen LogP contribution in [0.2, 0.25) is 0 Å². The van der Waals surface area contributed by atoms with Crippen LogP contribution in [0.25, 0.3) is 66.4 Å². The molecular weight excluding hydrogens is 713 g/mol. The van der Waals surface area contributed by atoms with Crippen LogP contribution in [0.4, 0.5) is 5.69 Å². The van der Waals surface area contributed by atoms with Crippen molar-refractivity contribution in [2.24, 2.45) is 4.99 Å². The number of benzene rings is 8. The molecule has 11 rings (SSSR count). The standard InChI is InChI=1S/C57H44N2/c1-57(2)51-25-13-9-22-46(51)49-36-50-48-24-12-16-28-55(48)59(56(50)37-52(49)57)44-34-42(39-19-7-4-8-20-39)33-43(35-44)53-26-14-10-21-45(47-23-11-15-27-54(47)58-53)41-31-29-40(30-32-41)38-17-5-3-6-18-38/h3-9,11-13,15-25,27-37H,10,14,26H2,1-2H3/b45-21-,58-53+. The van der Waals surface area contributed by atoms with E-state index < -0.39 is 0 Å². The van der Waals surface area contributed by atoms with Crippen LogP contribution in [-0.2, 0) is 5.41 Å². The lowest BCUT2D eigenvalue weighted by Crippen LogP contribution is -2.15. The van der Waals surface area contributed by atoms with Crippen molar-refractivity contribution in [3.8, 4) is 39.1 Å². The summed E-state index contributed by atoms with van der Waals surface area (Å²) in [7, 11) is 0. The number of fused-ring (bicyclic) bond motifs is 7. The predicted octanol–water partition coefficient (Wildman–Crippen LogP) is 15.2. The van der Waals surface area contributed by atoms with Crippen LogP contribution in [0.5, 0.6) is 0 Å². The number of rotatable bonds is 5. The van der Waals surface area contributed by atoms with Crippen molar-refractivity contribution < 1.29 is 0 Å². The molecule has 0 saturated heterocycles. The third kappa shape index (κ3) is 5.98. The highest BCUT2D eigenvalue weighted by Gasteiger charge is 2.36. The molecule has 0 N–H and O–H groups in total. The molecule has 0 atom stereocenters. The van der Waals surface area contributed by atoms with Crippen molar-refractivity contribution in [2.45, 2.75) is 38.5 Å². The van der Waals surface area contributed by atoms with E-state index in [1.54, 1.807) is 0 Å². The average molecular weight is 757 g/mol. The van der Waals surface area contributed by atoms with Gasteiger partial charge >= 0.3 is 0 Å². The fraction of sp³-hybridized carbons (Fsp3) is 0.105. The summed E-state index contributed by atoms with van der Waals surface area (Å²) in [4.78, 5) is 5.61. The smallest absolute Gasteiger partial charge is 0.0711 e. The minimum Gasteiger partial charge on any atom is -0.309 e. The molecule has 1 aliphatic carbocycles. The van der Waals surface area contributed by atoms with E-state index in [9.17, 15) is 0 Å². The Morgan fingerprint density at radius 3 is 1.88 bits per heavy atom. The third-order valence-electron chi connectivity index (χ3n) is 12.7. The first kappa shape index (κ1) is 35.2. The summed E-state index contributed by atoms with van der Waals surface area (Å²) < 4.78 is 2.50. The normalized spacial score (nSPS) is 16.2.